The maximum Gasteiger partial charge on any atom is 0.220 e. The Balaban J connectivity index is 2.58. The van der Waals surface area contributed by atoms with Crippen LogP contribution in [0, 0.1) is 19.8 Å². The molecule has 0 atom stereocenters. The van der Waals surface area contributed by atoms with Crippen molar-refractivity contribution in [3.8, 4) is 0 Å². The molecule has 1 amide bonds. The summed E-state index contributed by atoms with van der Waals surface area (Å²) in [5.41, 5.74) is 2.77. The zero-order valence-electron chi connectivity index (χ0n) is 11.5. The summed E-state index contributed by atoms with van der Waals surface area (Å²) in [6, 6.07) is 5.71. The highest BCUT2D eigenvalue weighted by Gasteiger charge is 2.11. The molecule has 0 saturated heterocycles. The van der Waals surface area contributed by atoms with E-state index < -0.39 is 0 Å². The number of nitrogens with one attached hydrogen (secondary N) is 1. The Hall–Kier alpha value is -1.64. The molecule has 18 heavy (non-hydrogen) atoms. The summed E-state index contributed by atoms with van der Waals surface area (Å²) in [5, 5.41) is 2.67. The average molecular weight is 247 g/mol. The first kappa shape index (κ1) is 14.4. The molecule has 0 fully saturated rings. The number of hydrogen-bond donors (Lipinski definition) is 1. The van der Waals surface area contributed by atoms with Gasteiger partial charge in [0.1, 0.15) is 0 Å². The van der Waals surface area contributed by atoms with Crippen LogP contribution in [0.1, 0.15) is 41.8 Å². The summed E-state index contributed by atoms with van der Waals surface area (Å²) >= 11 is 0. The van der Waals surface area contributed by atoms with Gasteiger partial charge in [0.15, 0.2) is 5.78 Å². The summed E-state index contributed by atoms with van der Waals surface area (Å²) in [5.74, 6) is 0.203. The van der Waals surface area contributed by atoms with Crippen LogP contribution in [0.15, 0.2) is 18.2 Å². The van der Waals surface area contributed by atoms with Crippen molar-refractivity contribution in [1.82, 2.24) is 5.32 Å². The van der Waals surface area contributed by atoms with Gasteiger partial charge < -0.3 is 5.32 Å². The Morgan fingerprint density at radius 3 is 2.44 bits per heavy atom. The third kappa shape index (κ3) is 4.32. The summed E-state index contributed by atoms with van der Waals surface area (Å²) in [4.78, 5) is 23.4. The van der Waals surface area contributed by atoms with Gasteiger partial charge in [-0.25, -0.2) is 0 Å². The van der Waals surface area contributed by atoms with E-state index in [0.717, 1.165) is 11.1 Å². The van der Waals surface area contributed by atoms with Gasteiger partial charge in [-0.15, -0.1) is 0 Å². The largest absolute Gasteiger partial charge is 0.349 e. The molecule has 98 valence electrons. The summed E-state index contributed by atoms with van der Waals surface area (Å²) in [7, 11) is 0. The molecule has 0 bridgehead atoms. The van der Waals surface area contributed by atoms with Crippen LogP contribution in [0.2, 0.25) is 0 Å². The Morgan fingerprint density at radius 2 is 1.89 bits per heavy atom. The van der Waals surface area contributed by atoms with Crippen molar-refractivity contribution >= 4 is 11.7 Å². The number of carbonyl (C=O) groups is 2. The van der Waals surface area contributed by atoms with Gasteiger partial charge in [0.05, 0.1) is 6.54 Å². The van der Waals surface area contributed by atoms with Gasteiger partial charge in [0.2, 0.25) is 5.91 Å². The van der Waals surface area contributed by atoms with E-state index in [1.54, 1.807) is 0 Å². The second-order valence-electron chi connectivity index (χ2n) is 5.12. The number of hydrogen-bond acceptors (Lipinski definition) is 2. The highest BCUT2D eigenvalue weighted by molar-refractivity contribution is 6.00. The molecule has 3 heteroatoms. The molecule has 0 aliphatic rings. The van der Waals surface area contributed by atoms with Crippen molar-refractivity contribution in [3.05, 3.63) is 34.9 Å². The summed E-state index contributed by atoms with van der Waals surface area (Å²) in [6.07, 6.45) is 0.458. The number of amides is 1. The standard InChI is InChI=1S/C15H21NO2/c1-10(2)7-15(18)16-9-14(17)13-6-5-11(3)8-12(13)4/h5-6,8,10H,7,9H2,1-4H3,(H,16,18). The second-order valence-corrected chi connectivity index (χ2v) is 5.12. The SMILES string of the molecule is Cc1ccc(C(=O)CNC(=O)CC(C)C)c(C)c1. The maximum absolute atomic E-state index is 12.0. The molecule has 0 heterocycles. The Bertz CT molecular complexity index is 450. The van der Waals surface area contributed by atoms with E-state index in [9.17, 15) is 9.59 Å². The molecule has 0 aromatic heterocycles. The van der Waals surface area contributed by atoms with Gasteiger partial charge in [-0.1, -0.05) is 37.6 Å². The van der Waals surface area contributed by atoms with E-state index in [2.05, 4.69) is 5.32 Å². The average Bonchev–Trinajstić information content (AvgIpc) is 2.25. The van der Waals surface area contributed by atoms with Gasteiger partial charge in [-0.2, -0.15) is 0 Å². The number of rotatable bonds is 5. The van der Waals surface area contributed by atoms with Crippen LogP contribution in [0.25, 0.3) is 0 Å². The second kappa shape index (κ2) is 6.34. The lowest BCUT2D eigenvalue weighted by Crippen LogP contribution is -2.30. The van der Waals surface area contributed by atoms with E-state index in [1.807, 2.05) is 45.9 Å². The molecule has 1 rings (SSSR count). The fourth-order valence-electron chi connectivity index (χ4n) is 1.84. The number of Topliss-reactive ketones (excluding diaryl/α,β-unsaturated/α-hetero) is 1. The summed E-state index contributed by atoms with van der Waals surface area (Å²) in [6.45, 7) is 7.94. The maximum atomic E-state index is 12.0. The van der Waals surface area contributed by atoms with Crippen LogP contribution in [-0.4, -0.2) is 18.2 Å². The van der Waals surface area contributed by atoms with Crippen molar-refractivity contribution in [1.29, 1.82) is 0 Å². The Kier molecular flexibility index (Phi) is 5.08. The van der Waals surface area contributed by atoms with Crippen LogP contribution in [-0.2, 0) is 4.79 Å². The smallest absolute Gasteiger partial charge is 0.220 e. The topological polar surface area (TPSA) is 46.2 Å². The van der Waals surface area contributed by atoms with Crippen LogP contribution < -0.4 is 5.32 Å². The van der Waals surface area contributed by atoms with E-state index in [4.69, 9.17) is 0 Å². The quantitative estimate of drug-likeness (QED) is 0.813. The fraction of sp³-hybridized carbons (Fsp3) is 0.467. The fourth-order valence-corrected chi connectivity index (χ4v) is 1.84. The van der Waals surface area contributed by atoms with Gasteiger partial charge in [0, 0.05) is 12.0 Å². The highest BCUT2D eigenvalue weighted by atomic mass is 16.2. The molecule has 0 spiro atoms. The van der Waals surface area contributed by atoms with E-state index in [1.165, 1.54) is 0 Å². The lowest BCUT2D eigenvalue weighted by atomic mass is 10.0. The zero-order valence-corrected chi connectivity index (χ0v) is 11.5. The van der Waals surface area contributed by atoms with Crippen LogP contribution in [0.4, 0.5) is 0 Å². The monoisotopic (exact) mass is 247 g/mol. The minimum Gasteiger partial charge on any atom is -0.349 e. The lowest BCUT2D eigenvalue weighted by molar-refractivity contribution is -0.121. The van der Waals surface area contributed by atoms with Gasteiger partial charge >= 0.3 is 0 Å². The number of benzene rings is 1. The highest BCUT2D eigenvalue weighted by Crippen LogP contribution is 2.11. The Labute approximate surface area is 109 Å². The predicted molar refractivity (Wildman–Crippen MR) is 72.7 cm³/mol. The van der Waals surface area contributed by atoms with E-state index in [-0.39, 0.29) is 18.2 Å². The van der Waals surface area contributed by atoms with Gasteiger partial charge in [-0.3, -0.25) is 9.59 Å². The lowest BCUT2D eigenvalue weighted by Gasteiger charge is -2.08. The first-order chi connectivity index (χ1) is 8.40. The molecule has 0 aliphatic heterocycles. The van der Waals surface area contributed by atoms with E-state index >= 15 is 0 Å². The van der Waals surface area contributed by atoms with Gasteiger partial charge in [0.25, 0.3) is 0 Å². The van der Waals surface area contributed by atoms with Crippen molar-refractivity contribution < 1.29 is 9.59 Å². The first-order valence-corrected chi connectivity index (χ1v) is 6.27. The van der Waals surface area contributed by atoms with Crippen LogP contribution >= 0.6 is 0 Å². The molecule has 1 N–H and O–H groups in total. The molecule has 0 unspecified atom stereocenters. The number of carbonyl (C=O) groups excluding carboxylic acids is 2. The molecule has 1 aromatic rings. The van der Waals surface area contributed by atoms with Gasteiger partial charge in [-0.05, 0) is 25.3 Å². The predicted octanol–water partition coefficient (Wildman–Crippen LogP) is 2.65. The van der Waals surface area contributed by atoms with Crippen molar-refractivity contribution in [2.45, 2.75) is 34.1 Å². The third-order valence-corrected chi connectivity index (χ3v) is 2.72. The number of ketones is 1. The molecular formula is C15H21NO2. The van der Waals surface area contributed by atoms with Crippen molar-refractivity contribution in [2.24, 2.45) is 5.92 Å². The van der Waals surface area contributed by atoms with Crippen molar-refractivity contribution in [2.75, 3.05) is 6.54 Å². The third-order valence-electron chi connectivity index (χ3n) is 2.72. The first-order valence-electron chi connectivity index (χ1n) is 6.27. The molecule has 0 aliphatic carbocycles. The normalized spacial score (nSPS) is 10.5. The minimum atomic E-state index is -0.0666. The minimum absolute atomic E-state index is 0.0374. The molecule has 3 nitrogen and oxygen atoms in total. The molecule has 0 radical (unpaired) electrons. The van der Waals surface area contributed by atoms with Crippen molar-refractivity contribution in [3.63, 3.8) is 0 Å². The number of aryl methyl sites for hydroxylation is 2. The van der Waals surface area contributed by atoms with Crippen LogP contribution in [0.3, 0.4) is 0 Å². The Morgan fingerprint density at radius 1 is 1.22 bits per heavy atom. The molecular weight excluding hydrogens is 226 g/mol. The van der Waals surface area contributed by atoms with E-state index in [0.29, 0.717) is 17.9 Å². The van der Waals surface area contributed by atoms with Crippen LogP contribution in [0.5, 0.6) is 0 Å². The summed E-state index contributed by atoms with van der Waals surface area (Å²) < 4.78 is 0. The zero-order chi connectivity index (χ0) is 13.7. The molecule has 1 aromatic carbocycles. The molecule has 0 saturated carbocycles.